The minimum Gasteiger partial charge on any atom is -0.353 e. The van der Waals surface area contributed by atoms with E-state index >= 15 is 0 Å². The smallest absolute Gasteiger partial charge is 0.253 e. The summed E-state index contributed by atoms with van der Waals surface area (Å²) in [6.45, 7) is 5.18. The van der Waals surface area contributed by atoms with Gasteiger partial charge in [-0.2, -0.15) is 5.10 Å². The molecule has 0 bridgehead atoms. The van der Waals surface area contributed by atoms with Gasteiger partial charge in [0, 0.05) is 31.7 Å². The van der Waals surface area contributed by atoms with Crippen LogP contribution >= 0.6 is 0 Å². The molecule has 1 aromatic carbocycles. The molecule has 0 saturated carbocycles. The highest BCUT2D eigenvalue weighted by molar-refractivity contribution is 5.94. The fourth-order valence-corrected chi connectivity index (χ4v) is 3.96. The Morgan fingerprint density at radius 2 is 1.73 bits per heavy atom. The lowest BCUT2D eigenvalue weighted by atomic mass is 9.90. The molecule has 136 valence electrons. The van der Waals surface area contributed by atoms with Crippen molar-refractivity contribution < 1.29 is 4.79 Å². The van der Waals surface area contributed by atoms with Crippen LogP contribution in [0.2, 0.25) is 0 Å². The SMILES string of the molecule is Cc1ccc(N2CCCN(C(=O)c3ccc4c(c3)CCCC4)CC2)nn1. The Morgan fingerprint density at radius 3 is 2.54 bits per heavy atom. The Balaban J connectivity index is 1.45. The second-order valence-electron chi connectivity index (χ2n) is 7.36. The first kappa shape index (κ1) is 17.0. The summed E-state index contributed by atoms with van der Waals surface area (Å²) < 4.78 is 0. The van der Waals surface area contributed by atoms with Gasteiger partial charge in [0.05, 0.1) is 5.69 Å². The molecule has 1 aromatic heterocycles. The van der Waals surface area contributed by atoms with Crippen LogP contribution in [0.15, 0.2) is 30.3 Å². The van der Waals surface area contributed by atoms with Crippen molar-refractivity contribution in [2.45, 2.75) is 39.0 Å². The number of aromatic nitrogens is 2. The highest BCUT2D eigenvalue weighted by atomic mass is 16.2. The molecule has 1 amide bonds. The van der Waals surface area contributed by atoms with Crippen LogP contribution in [0.5, 0.6) is 0 Å². The lowest BCUT2D eigenvalue weighted by Crippen LogP contribution is -2.35. The van der Waals surface area contributed by atoms with E-state index in [1.807, 2.05) is 30.0 Å². The van der Waals surface area contributed by atoms with Crippen LogP contribution in [-0.2, 0) is 12.8 Å². The predicted molar refractivity (Wildman–Crippen MR) is 103 cm³/mol. The topological polar surface area (TPSA) is 49.3 Å². The van der Waals surface area contributed by atoms with Gasteiger partial charge in [0.2, 0.25) is 0 Å². The summed E-state index contributed by atoms with van der Waals surface area (Å²) in [7, 11) is 0. The van der Waals surface area contributed by atoms with Crippen molar-refractivity contribution in [3.8, 4) is 0 Å². The van der Waals surface area contributed by atoms with Crippen LogP contribution < -0.4 is 4.90 Å². The molecule has 1 saturated heterocycles. The molecule has 0 unspecified atom stereocenters. The van der Waals surface area contributed by atoms with Crippen LogP contribution in [0.3, 0.4) is 0 Å². The zero-order valence-corrected chi connectivity index (χ0v) is 15.4. The number of carbonyl (C=O) groups is 1. The van der Waals surface area contributed by atoms with Gasteiger partial charge in [-0.1, -0.05) is 6.07 Å². The van der Waals surface area contributed by atoms with E-state index in [2.05, 4.69) is 27.2 Å². The molecule has 0 atom stereocenters. The molecule has 1 aliphatic carbocycles. The molecular formula is C21H26N4O. The Bertz CT molecular complexity index is 787. The minimum absolute atomic E-state index is 0.162. The molecule has 5 nitrogen and oxygen atoms in total. The maximum Gasteiger partial charge on any atom is 0.253 e. The van der Waals surface area contributed by atoms with Gasteiger partial charge in [-0.15, -0.1) is 5.10 Å². The third-order valence-corrected chi connectivity index (χ3v) is 5.49. The van der Waals surface area contributed by atoms with Gasteiger partial charge in [0.1, 0.15) is 0 Å². The van der Waals surface area contributed by atoms with Crippen molar-refractivity contribution in [2.24, 2.45) is 0 Å². The highest BCUT2D eigenvalue weighted by Crippen LogP contribution is 2.23. The number of anilines is 1. The molecule has 4 rings (SSSR count). The zero-order chi connectivity index (χ0) is 17.9. The first-order chi connectivity index (χ1) is 12.7. The molecule has 5 heteroatoms. The number of aryl methyl sites for hydroxylation is 3. The summed E-state index contributed by atoms with van der Waals surface area (Å²) in [5.74, 6) is 1.06. The number of benzene rings is 1. The van der Waals surface area contributed by atoms with Gasteiger partial charge in [0.15, 0.2) is 5.82 Å². The van der Waals surface area contributed by atoms with Crippen LogP contribution in [0.4, 0.5) is 5.82 Å². The molecule has 0 spiro atoms. The summed E-state index contributed by atoms with van der Waals surface area (Å²) in [6.07, 6.45) is 5.72. The molecule has 0 N–H and O–H groups in total. The van der Waals surface area contributed by atoms with Crippen molar-refractivity contribution in [3.05, 3.63) is 52.7 Å². The molecular weight excluding hydrogens is 324 g/mol. The van der Waals surface area contributed by atoms with Gasteiger partial charge in [-0.05, 0) is 74.4 Å². The Kier molecular flexibility index (Phi) is 4.87. The number of nitrogens with zero attached hydrogens (tertiary/aromatic N) is 4. The number of amides is 1. The zero-order valence-electron chi connectivity index (χ0n) is 15.4. The van der Waals surface area contributed by atoms with E-state index in [-0.39, 0.29) is 5.91 Å². The quantitative estimate of drug-likeness (QED) is 0.835. The molecule has 2 aromatic rings. The Morgan fingerprint density at radius 1 is 0.885 bits per heavy atom. The molecule has 1 fully saturated rings. The number of fused-ring (bicyclic) bond motifs is 1. The molecule has 0 radical (unpaired) electrons. The van der Waals surface area contributed by atoms with Crippen molar-refractivity contribution in [1.82, 2.24) is 15.1 Å². The normalized spacial score (nSPS) is 17.6. The van der Waals surface area contributed by atoms with Gasteiger partial charge in [0.25, 0.3) is 5.91 Å². The van der Waals surface area contributed by atoms with E-state index in [0.29, 0.717) is 0 Å². The fourth-order valence-electron chi connectivity index (χ4n) is 3.96. The monoisotopic (exact) mass is 350 g/mol. The molecule has 2 heterocycles. The van der Waals surface area contributed by atoms with Crippen LogP contribution in [0, 0.1) is 6.92 Å². The average molecular weight is 350 g/mol. The Hall–Kier alpha value is -2.43. The summed E-state index contributed by atoms with van der Waals surface area (Å²) in [5, 5.41) is 8.45. The summed E-state index contributed by atoms with van der Waals surface area (Å²) >= 11 is 0. The molecule has 2 aliphatic rings. The van der Waals surface area contributed by atoms with Crippen LogP contribution in [0.25, 0.3) is 0 Å². The van der Waals surface area contributed by atoms with Gasteiger partial charge in [-0.3, -0.25) is 4.79 Å². The minimum atomic E-state index is 0.162. The number of hydrogen-bond acceptors (Lipinski definition) is 4. The van der Waals surface area contributed by atoms with Crippen molar-refractivity contribution in [2.75, 3.05) is 31.1 Å². The lowest BCUT2D eigenvalue weighted by molar-refractivity contribution is 0.0767. The first-order valence-corrected chi connectivity index (χ1v) is 9.67. The van der Waals surface area contributed by atoms with E-state index in [1.54, 1.807) is 0 Å². The maximum atomic E-state index is 13.0. The van der Waals surface area contributed by atoms with Gasteiger partial charge < -0.3 is 9.80 Å². The maximum absolute atomic E-state index is 13.0. The first-order valence-electron chi connectivity index (χ1n) is 9.67. The standard InChI is InChI=1S/C21H26N4O/c1-16-7-10-20(23-22-16)24-11-4-12-25(14-13-24)21(26)19-9-8-17-5-2-3-6-18(17)15-19/h7-10,15H,2-6,11-14H2,1H3. The third-order valence-electron chi connectivity index (χ3n) is 5.49. The number of carbonyl (C=O) groups excluding carboxylic acids is 1. The summed E-state index contributed by atoms with van der Waals surface area (Å²) in [4.78, 5) is 17.2. The number of hydrogen-bond donors (Lipinski definition) is 0. The van der Waals surface area contributed by atoms with Crippen molar-refractivity contribution in [1.29, 1.82) is 0 Å². The van der Waals surface area contributed by atoms with E-state index in [9.17, 15) is 4.79 Å². The van der Waals surface area contributed by atoms with Gasteiger partial charge in [-0.25, -0.2) is 0 Å². The van der Waals surface area contributed by atoms with Crippen LogP contribution in [-0.4, -0.2) is 47.2 Å². The molecule has 26 heavy (non-hydrogen) atoms. The fraction of sp³-hybridized carbons (Fsp3) is 0.476. The predicted octanol–water partition coefficient (Wildman–Crippen LogP) is 3.02. The van der Waals surface area contributed by atoms with Gasteiger partial charge >= 0.3 is 0 Å². The largest absolute Gasteiger partial charge is 0.353 e. The second kappa shape index (κ2) is 7.44. The Labute approximate surface area is 155 Å². The lowest BCUT2D eigenvalue weighted by Gasteiger charge is -2.23. The van der Waals surface area contributed by atoms with E-state index < -0.39 is 0 Å². The van der Waals surface area contributed by atoms with Crippen molar-refractivity contribution in [3.63, 3.8) is 0 Å². The summed E-state index contributed by atoms with van der Waals surface area (Å²) in [6, 6.07) is 10.3. The van der Waals surface area contributed by atoms with E-state index in [1.165, 1.54) is 24.0 Å². The van der Waals surface area contributed by atoms with E-state index in [4.69, 9.17) is 0 Å². The van der Waals surface area contributed by atoms with E-state index in [0.717, 1.165) is 62.5 Å². The third kappa shape index (κ3) is 3.57. The average Bonchev–Trinajstić information content (AvgIpc) is 2.94. The second-order valence-corrected chi connectivity index (χ2v) is 7.36. The van der Waals surface area contributed by atoms with Crippen LogP contribution in [0.1, 0.15) is 46.4 Å². The van der Waals surface area contributed by atoms with Crippen molar-refractivity contribution >= 4 is 11.7 Å². The number of rotatable bonds is 2. The summed E-state index contributed by atoms with van der Waals surface area (Å²) in [5.41, 5.74) is 4.56. The molecule has 1 aliphatic heterocycles. The highest BCUT2D eigenvalue weighted by Gasteiger charge is 2.22.